The van der Waals surface area contributed by atoms with Crippen molar-refractivity contribution < 1.29 is 14.4 Å². The molecule has 1 aliphatic heterocycles. The lowest BCUT2D eigenvalue weighted by Gasteiger charge is -2.32. The lowest BCUT2D eigenvalue weighted by molar-refractivity contribution is -0.385. The van der Waals surface area contributed by atoms with Crippen LogP contribution in [0.3, 0.4) is 0 Å². The Kier molecular flexibility index (Phi) is 5.85. The summed E-state index contributed by atoms with van der Waals surface area (Å²) in [4.78, 5) is 18.2. The first kappa shape index (κ1) is 20.2. The van der Waals surface area contributed by atoms with Crippen LogP contribution in [0.15, 0.2) is 47.8 Å². The highest BCUT2D eigenvalue weighted by Crippen LogP contribution is 2.41. The zero-order chi connectivity index (χ0) is 21.1. The Hall–Kier alpha value is -3.13. The molecule has 8 heteroatoms. The Balaban J connectivity index is 1.50. The molecule has 1 aliphatic rings. The van der Waals surface area contributed by atoms with Crippen LogP contribution in [0.4, 0.5) is 11.4 Å². The van der Waals surface area contributed by atoms with Crippen LogP contribution in [0.1, 0.15) is 23.8 Å². The third-order valence-corrected chi connectivity index (χ3v) is 6.48. The number of benzene rings is 2. The molecular formula is C22H23N3O4S. The van der Waals surface area contributed by atoms with Gasteiger partial charge < -0.3 is 14.4 Å². The van der Waals surface area contributed by atoms with Crippen LogP contribution >= 0.6 is 11.3 Å². The van der Waals surface area contributed by atoms with Crippen molar-refractivity contribution in [2.24, 2.45) is 0 Å². The normalized spacial score (nSPS) is 14.5. The minimum atomic E-state index is -0.361. The highest BCUT2D eigenvalue weighted by molar-refractivity contribution is 7.10. The second-order valence-corrected chi connectivity index (χ2v) is 8.01. The summed E-state index contributed by atoms with van der Waals surface area (Å²) in [5.74, 6) is 1.45. The molecule has 156 valence electrons. The molecule has 0 radical (unpaired) electrons. The van der Waals surface area contributed by atoms with E-state index in [9.17, 15) is 10.1 Å². The van der Waals surface area contributed by atoms with Crippen molar-refractivity contribution in [2.75, 3.05) is 32.2 Å². The first-order valence-corrected chi connectivity index (χ1v) is 10.7. The number of hydrogen-bond acceptors (Lipinski definition) is 7. The molecule has 0 N–H and O–H groups in total. The van der Waals surface area contributed by atoms with Crippen LogP contribution in [0.5, 0.6) is 11.5 Å². The van der Waals surface area contributed by atoms with E-state index in [0.29, 0.717) is 17.4 Å². The molecule has 0 unspecified atom stereocenters. The van der Waals surface area contributed by atoms with E-state index in [1.165, 1.54) is 7.11 Å². The summed E-state index contributed by atoms with van der Waals surface area (Å²) in [5.41, 5.74) is 2.57. The second kappa shape index (κ2) is 8.71. The predicted octanol–water partition coefficient (Wildman–Crippen LogP) is 5.12. The largest absolute Gasteiger partial charge is 0.496 e. The highest BCUT2D eigenvalue weighted by atomic mass is 32.1. The number of para-hydroxylation sites is 2. The molecule has 1 saturated heterocycles. The van der Waals surface area contributed by atoms with Gasteiger partial charge in [-0.3, -0.25) is 10.1 Å². The predicted molar refractivity (Wildman–Crippen MR) is 118 cm³/mol. The van der Waals surface area contributed by atoms with E-state index in [2.05, 4.69) is 10.3 Å². The van der Waals surface area contributed by atoms with Gasteiger partial charge in [0, 0.05) is 30.0 Å². The minimum absolute atomic E-state index is 0.0335. The van der Waals surface area contributed by atoms with Gasteiger partial charge in [0.1, 0.15) is 11.4 Å². The highest BCUT2D eigenvalue weighted by Gasteiger charge is 2.29. The third kappa shape index (κ3) is 3.82. The SMILES string of the molecule is COc1ccccc1-c1csc(C2CCN(c3cccc(OC)c3[N+](=O)[O-])CC2)n1. The van der Waals surface area contributed by atoms with E-state index < -0.39 is 0 Å². The summed E-state index contributed by atoms with van der Waals surface area (Å²) in [6.07, 6.45) is 1.79. The van der Waals surface area contributed by atoms with E-state index in [4.69, 9.17) is 14.5 Å². The number of ether oxygens (including phenoxy) is 2. The Labute approximate surface area is 179 Å². The van der Waals surface area contributed by atoms with Gasteiger partial charge in [0.25, 0.3) is 0 Å². The summed E-state index contributed by atoms with van der Waals surface area (Å²) in [7, 11) is 3.12. The number of nitro benzene ring substituents is 1. The number of nitro groups is 1. The maximum atomic E-state index is 11.6. The summed E-state index contributed by atoms with van der Waals surface area (Å²) < 4.78 is 10.7. The van der Waals surface area contributed by atoms with Crippen molar-refractivity contribution in [3.8, 4) is 22.8 Å². The molecule has 30 heavy (non-hydrogen) atoms. The molecule has 0 spiro atoms. The van der Waals surface area contributed by atoms with Crippen LogP contribution < -0.4 is 14.4 Å². The molecule has 0 atom stereocenters. The molecule has 2 aromatic carbocycles. The Morgan fingerprint density at radius 2 is 1.77 bits per heavy atom. The van der Waals surface area contributed by atoms with Gasteiger partial charge in [0.15, 0.2) is 5.75 Å². The second-order valence-electron chi connectivity index (χ2n) is 7.12. The fraction of sp³-hybridized carbons (Fsp3) is 0.318. The average Bonchev–Trinajstić information content (AvgIpc) is 3.28. The van der Waals surface area contributed by atoms with Crippen molar-refractivity contribution in [3.63, 3.8) is 0 Å². The quantitative estimate of drug-likeness (QED) is 0.403. The molecule has 7 nitrogen and oxygen atoms in total. The van der Waals surface area contributed by atoms with Crippen LogP contribution in [0.25, 0.3) is 11.3 Å². The first-order chi connectivity index (χ1) is 14.6. The third-order valence-electron chi connectivity index (χ3n) is 5.47. The Morgan fingerprint density at radius 1 is 1.07 bits per heavy atom. The minimum Gasteiger partial charge on any atom is -0.496 e. The fourth-order valence-electron chi connectivity index (χ4n) is 3.94. The number of thiazole rings is 1. The number of piperidine rings is 1. The molecule has 1 fully saturated rings. The van der Waals surface area contributed by atoms with Gasteiger partial charge in [0.2, 0.25) is 0 Å². The first-order valence-electron chi connectivity index (χ1n) is 9.77. The molecule has 0 aliphatic carbocycles. The maximum absolute atomic E-state index is 11.6. The van der Waals surface area contributed by atoms with Crippen molar-refractivity contribution in [2.45, 2.75) is 18.8 Å². The van der Waals surface area contributed by atoms with Crippen LogP contribution in [-0.2, 0) is 0 Å². The fourth-order valence-corrected chi connectivity index (χ4v) is 4.93. The molecule has 0 saturated carbocycles. The van der Waals surface area contributed by atoms with Crippen LogP contribution in [0, 0.1) is 10.1 Å². The number of aromatic nitrogens is 1. The van der Waals surface area contributed by atoms with Crippen molar-refractivity contribution >= 4 is 22.7 Å². The Morgan fingerprint density at radius 3 is 2.47 bits per heavy atom. The van der Waals surface area contributed by atoms with E-state index in [1.807, 2.05) is 24.3 Å². The summed E-state index contributed by atoms with van der Waals surface area (Å²) in [6.45, 7) is 1.48. The number of methoxy groups -OCH3 is 2. The maximum Gasteiger partial charge on any atom is 0.333 e. The molecule has 2 heterocycles. The number of nitrogens with zero attached hydrogens (tertiary/aromatic N) is 3. The monoisotopic (exact) mass is 425 g/mol. The lowest BCUT2D eigenvalue weighted by atomic mass is 9.97. The van der Waals surface area contributed by atoms with Gasteiger partial charge in [-0.05, 0) is 37.1 Å². The van der Waals surface area contributed by atoms with Crippen LogP contribution in [0.2, 0.25) is 0 Å². The van der Waals surface area contributed by atoms with E-state index in [1.54, 1.807) is 36.6 Å². The Bertz CT molecular complexity index is 1040. The molecule has 0 bridgehead atoms. The zero-order valence-electron chi connectivity index (χ0n) is 16.9. The van der Waals surface area contributed by atoms with Crippen molar-refractivity contribution in [1.29, 1.82) is 0 Å². The van der Waals surface area contributed by atoms with Crippen molar-refractivity contribution in [1.82, 2.24) is 4.98 Å². The zero-order valence-corrected chi connectivity index (χ0v) is 17.7. The van der Waals surface area contributed by atoms with Crippen LogP contribution in [-0.4, -0.2) is 37.2 Å². The van der Waals surface area contributed by atoms with E-state index in [-0.39, 0.29) is 10.6 Å². The molecule has 0 amide bonds. The number of hydrogen-bond donors (Lipinski definition) is 0. The van der Waals surface area contributed by atoms with Gasteiger partial charge in [-0.25, -0.2) is 4.98 Å². The average molecular weight is 426 g/mol. The smallest absolute Gasteiger partial charge is 0.333 e. The topological polar surface area (TPSA) is 77.7 Å². The molecule has 4 rings (SSSR count). The standard InChI is InChI=1S/C22H23N3O4S/c1-28-19-8-4-3-6-16(19)17-14-30-22(23-17)15-10-12-24(13-11-15)18-7-5-9-20(29-2)21(18)25(26)27/h3-9,14-15H,10-13H2,1-2H3. The van der Waals surface area contributed by atoms with E-state index >= 15 is 0 Å². The summed E-state index contributed by atoms with van der Waals surface area (Å²) >= 11 is 1.67. The molecular weight excluding hydrogens is 402 g/mol. The van der Waals surface area contributed by atoms with Gasteiger partial charge in [0.05, 0.1) is 29.8 Å². The molecule has 1 aromatic heterocycles. The summed E-state index contributed by atoms with van der Waals surface area (Å²) in [5, 5.41) is 14.8. The van der Waals surface area contributed by atoms with Gasteiger partial charge in [-0.2, -0.15) is 0 Å². The number of rotatable bonds is 6. The van der Waals surface area contributed by atoms with Gasteiger partial charge >= 0.3 is 5.69 Å². The summed E-state index contributed by atoms with van der Waals surface area (Å²) in [6, 6.07) is 13.1. The lowest BCUT2D eigenvalue weighted by Crippen LogP contribution is -2.33. The van der Waals surface area contributed by atoms with E-state index in [0.717, 1.165) is 47.9 Å². The van der Waals surface area contributed by atoms with Crippen molar-refractivity contribution in [3.05, 3.63) is 63.0 Å². The molecule has 3 aromatic rings. The van der Waals surface area contributed by atoms with Gasteiger partial charge in [-0.15, -0.1) is 11.3 Å². The van der Waals surface area contributed by atoms with Gasteiger partial charge in [-0.1, -0.05) is 18.2 Å². The number of anilines is 1.